The fourth-order valence-corrected chi connectivity index (χ4v) is 6.26. The maximum absolute atomic E-state index is 12.9. The van der Waals surface area contributed by atoms with Crippen molar-refractivity contribution in [1.29, 1.82) is 0 Å². The van der Waals surface area contributed by atoms with Gasteiger partial charge in [-0.1, -0.05) is 13.0 Å². The predicted octanol–water partition coefficient (Wildman–Crippen LogP) is 2.41. The van der Waals surface area contributed by atoms with Gasteiger partial charge in [0.15, 0.2) is 23.4 Å². The summed E-state index contributed by atoms with van der Waals surface area (Å²) in [6, 6.07) is 3.61. The smallest absolute Gasteiger partial charge is 0.174 e. The van der Waals surface area contributed by atoms with Crippen LogP contribution in [-0.2, 0) is 16.6 Å². The van der Waals surface area contributed by atoms with Crippen molar-refractivity contribution in [3.05, 3.63) is 23.3 Å². The number of phenols is 1. The van der Waals surface area contributed by atoms with Crippen LogP contribution in [0.25, 0.3) is 0 Å². The monoisotopic (exact) mass is 371 g/mol. The normalized spacial score (nSPS) is 35.1. The van der Waals surface area contributed by atoms with Gasteiger partial charge in [-0.05, 0) is 62.6 Å². The predicted molar refractivity (Wildman–Crippen MR) is 101 cm³/mol. The summed E-state index contributed by atoms with van der Waals surface area (Å²) in [6.45, 7) is 4.02. The summed E-state index contributed by atoms with van der Waals surface area (Å²) in [4.78, 5) is 15.3. The third-order valence-corrected chi connectivity index (χ3v) is 7.57. The number of nitrogens with zero attached hydrogens (tertiary/aromatic N) is 1. The lowest BCUT2D eigenvalue weighted by atomic mass is 9.49. The number of aryl methyl sites for hydroxylation is 1. The summed E-state index contributed by atoms with van der Waals surface area (Å²) in [6.07, 6.45) is 4.15. The minimum atomic E-state index is -0.961. The maximum Gasteiger partial charge on any atom is 0.174 e. The van der Waals surface area contributed by atoms with Crippen LogP contribution in [0.3, 0.4) is 0 Å². The first kappa shape index (κ1) is 17.5. The quantitative estimate of drug-likeness (QED) is 0.832. The molecule has 1 aliphatic heterocycles. The minimum absolute atomic E-state index is 0.0441. The average molecular weight is 371 g/mol. The van der Waals surface area contributed by atoms with Gasteiger partial charge in [0.2, 0.25) is 0 Å². The van der Waals surface area contributed by atoms with E-state index in [4.69, 9.17) is 4.74 Å². The standard InChI is InChI=1S/C22H29NO4/c1-13(11-23(2)12-14-3-4-14)22-18-15-5-6-16(24)19(18)27-20(22)17(25)8-10-21(22,26)9-7-15/h5-6,13-14,20,24,26H,3-4,7-12H2,1-2H3/t13?,20-,21-,22-/m0/s1. The number of carbonyl (C=O) groups excluding carboxylic acids is 1. The van der Waals surface area contributed by atoms with Gasteiger partial charge in [0, 0.05) is 25.1 Å². The highest BCUT2D eigenvalue weighted by atomic mass is 16.5. The largest absolute Gasteiger partial charge is 0.504 e. The topological polar surface area (TPSA) is 70.0 Å². The Labute approximate surface area is 160 Å². The Balaban J connectivity index is 1.64. The van der Waals surface area contributed by atoms with E-state index in [1.807, 2.05) is 6.07 Å². The molecular weight excluding hydrogens is 342 g/mol. The number of aliphatic hydroxyl groups is 1. The zero-order chi connectivity index (χ0) is 19.0. The van der Waals surface area contributed by atoms with Crippen LogP contribution in [0.1, 0.15) is 50.2 Å². The lowest BCUT2D eigenvalue weighted by molar-refractivity contribution is -0.162. The van der Waals surface area contributed by atoms with Gasteiger partial charge in [-0.3, -0.25) is 4.79 Å². The number of ketones is 1. The molecule has 2 saturated carbocycles. The Bertz CT molecular complexity index is 804. The van der Waals surface area contributed by atoms with Crippen LogP contribution >= 0.6 is 0 Å². The number of hydrogen-bond donors (Lipinski definition) is 2. The molecule has 2 N–H and O–H groups in total. The summed E-state index contributed by atoms with van der Waals surface area (Å²) in [5, 5.41) is 22.3. The Hall–Kier alpha value is -1.59. The number of phenolic OH excluding ortho intramolecular Hbond substituents is 1. The molecule has 0 saturated heterocycles. The molecule has 0 aromatic heterocycles. The Morgan fingerprint density at radius 2 is 2.04 bits per heavy atom. The number of ether oxygens (including phenoxy) is 1. The maximum atomic E-state index is 12.9. The Morgan fingerprint density at radius 1 is 1.30 bits per heavy atom. The summed E-state index contributed by atoms with van der Waals surface area (Å²) < 4.78 is 6.13. The fourth-order valence-electron chi connectivity index (χ4n) is 6.26. The molecule has 2 fully saturated rings. The molecule has 0 bridgehead atoms. The first-order valence-electron chi connectivity index (χ1n) is 10.3. The van der Waals surface area contributed by atoms with E-state index in [9.17, 15) is 15.0 Å². The van der Waals surface area contributed by atoms with Gasteiger partial charge in [-0.15, -0.1) is 0 Å². The Kier molecular flexibility index (Phi) is 3.70. The van der Waals surface area contributed by atoms with Crippen molar-refractivity contribution < 1.29 is 19.7 Å². The van der Waals surface area contributed by atoms with E-state index in [1.54, 1.807) is 6.07 Å². The molecule has 146 valence electrons. The highest BCUT2D eigenvalue weighted by Crippen LogP contribution is 2.64. The Morgan fingerprint density at radius 3 is 2.78 bits per heavy atom. The molecule has 27 heavy (non-hydrogen) atoms. The molecule has 0 radical (unpaired) electrons. The van der Waals surface area contributed by atoms with E-state index < -0.39 is 17.1 Å². The van der Waals surface area contributed by atoms with Crippen LogP contribution in [0.4, 0.5) is 0 Å². The van der Waals surface area contributed by atoms with E-state index in [0.29, 0.717) is 25.0 Å². The molecular formula is C22H29NO4. The van der Waals surface area contributed by atoms with Crippen molar-refractivity contribution in [1.82, 2.24) is 4.90 Å². The van der Waals surface area contributed by atoms with Crippen molar-refractivity contribution in [2.45, 2.75) is 62.6 Å². The van der Waals surface area contributed by atoms with Crippen molar-refractivity contribution in [2.24, 2.45) is 11.8 Å². The third-order valence-electron chi connectivity index (χ3n) is 7.57. The SMILES string of the molecule is CC(CN(C)CC1CC1)[C@]12c3c4ccc(O)c3O[C@H]1C(=O)CC[C@@]2(O)CC4. The van der Waals surface area contributed by atoms with Gasteiger partial charge in [0.25, 0.3) is 0 Å². The highest BCUT2D eigenvalue weighted by Gasteiger charge is 2.70. The second-order valence-corrected chi connectivity index (χ2v) is 9.38. The molecule has 1 aromatic carbocycles. The van der Waals surface area contributed by atoms with Gasteiger partial charge in [0.1, 0.15) is 0 Å². The van der Waals surface area contributed by atoms with Crippen LogP contribution in [0.5, 0.6) is 11.5 Å². The second kappa shape index (κ2) is 5.71. The fraction of sp³-hybridized carbons (Fsp3) is 0.682. The number of hydrogen-bond acceptors (Lipinski definition) is 5. The molecule has 5 heteroatoms. The van der Waals surface area contributed by atoms with Crippen LogP contribution in [0, 0.1) is 11.8 Å². The molecule has 3 aliphatic carbocycles. The molecule has 1 heterocycles. The zero-order valence-corrected chi connectivity index (χ0v) is 16.2. The third kappa shape index (κ3) is 2.27. The molecule has 1 unspecified atom stereocenters. The van der Waals surface area contributed by atoms with Crippen LogP contribution in [0.2, 0.25) is 0 Å². The molecule has 4 atom stereocenters. The number of rotatable bonds is 5. The van der Waals surface area contributed by atoms with E-state index in [2.05, 4.69) is 18.9 Å². The van der Waals surface area contributed by atoms with Crippen molar-refractivity contribution in [3.8, 4) is 11.5 Å². The molecule has 0 amide bonds. The second-order valence-electron chi connectivity index (χ2n) is 9.38. The molecule has 1 aromatic rings. The summed E-state index contributed by atoms with van der Waals surface area (Å²) in [5.41, 5.74) is 0.294. The number of Topliss-reactive ketones (excluding diaryl/α,β-unsaturated/α-hetero) is 1. The molecule has 5 nitrogen and oxygen atoms in total. The first-order valence-corrected chi connectivity index (χ1v) is 10.3. The number of aromatic hydroxyl groups is 1. The molecule has 4 aliphatic rings. The van der Waals surface area contributed by atoms with Gasteiger partial charge in [-0.25, -0.2) is 0 Å². The van der Waals surface area contributed by atoms with Crippen LogP contribution < -0.4 is 4.74 Å². The summed E-state index contributed by atoms with van der Waals surface area (Å²) >= 11 is 0. The highest BCUT2D eigenvalue weighted by molar-refractivity contribution is 5.89. The lowest BCUT2D eigenvalue weighted by Gasteiger charge is -2.56. The van der Waals surface area contributed by atoms with Crippen LogP contribution in [0.15, 0.2) is 12.1 Å². The minimum Gasteiger partial charge on any atom is -0.504 e. The molecule has 5 rings (SSSR count). The van der Waals surface area contributed by atoms with E-state index in [-0.39, 0.29) is 17.5 Å². The van der Waals surface area contributed by atoms with Crippen LogP contribution in [-0.4, -0.2) is 52.7 Å². The van der Waals surface area contributed by atoms with E-state index >= 15 is 0 Å². The summed E-state index contributed by atoms with van der Waals surface area (Å²) in [5.74, 6) is 1.41. The lowest BCUT2D eigenvalue weighted by Crippen LogP contribution is -2.68. The van der Waals surface area contributed by atoms with Gasteiger partial charge in [-0.2, -0.15) is 0 Å². The average Bonchev–Trinajstić information content (AvgIpc) is 3.34. The van der Waals surface area contributed by atoms with Gasteiger partial charge >= 0.3 is 0 Å². The van der Waals surface area contributed by atoms with Crippen molar-refractivity contribution in [3.63, 3.8) is 0 Å². The van der Waals surface area contributed by atoms with E-state index in [1.165, 1.54) is 12.8 Å². The zero-order valence-electron chi connectivity index (χ0n) is 16.2. The van der Waals surface area contributed by atoms with Gasteiger partial charge in [0.05, 0.1) is 11.0 Å². The van der Waals surface area contributed by atoms with Gasteiger partial charge < -0.3 is 19.8 Å². The summed E-state index contributed by atoms with van der Waals surface area (Å²) in [7, 11) is 2.13. The number of carbonyl (C=O) groups is 1. The van der Waals surface area contributed by atoms with E-state index in [0.717, 1.165) is 36.6 Å². The van der Waals surface area contributed by atoms with Crippen molar-refractivity contribution in [2.75, 3.05) is 20.1 Å². The van der Waals surface area contributed by atoms with Crippen molar-refractivity contribution >= 4 is 5.78 Å². The molecule has 0 spiro atoms. The first-order chi connectivity index (χ1) is 12.9. The number of benzene rings is 1.